The molecule has 2 N–H and O–H groups in total. The van der Waals surface area contributed by atoms with Crippen molar-refractivity contribution < 1.29 is 9.59 Å². The third-order valence-corrected chi connectivity index (χ3v) is 6.69. The minimum atomic E-state index is -0.355. The normalized spacial score (nSPS) is 15.8. The number of benzene rings is 1. The molecule has 3 heterocycles. The Morgan fingerprint density at radius 3 is 2.74 bits per heavy atom. The fourth-order valence-electron chi connectivity index (χ4n) is 3.91. The zero-order valence-electron chi connectivity index (χ0n) is 19.7. The van der Waals surface area contributed by atoms with Gasteiger partial charge in [0, 0.05) is 37.5 Å². The predicted molar refractivity (Wildman–Crippen MR) is 135 cm³/mol. The molecule has 1 aliphatic heterocycles. The molecule has 1 fully saturated rings. The van der Waals surface area contributed by atoms with Crippen LogP contribution >= 0.6 is 11.8 Å². The molecular weight excluding hydrogens is 450 g/mol. The Morgan fingerprint density at radius 2 is 1.97 bits per heavy atom. The van der Waals surface area contributed by atoms with E-state index in [1.54, 1.807) is 27.5 Å². The highest BCUT2D eigenvalue weighted by atomic mass is 32.2. The number of hydrogen-bond donors (Lipinski definition) is 2. The second kappa shape index (κ2) is 11.3. The van der Waals surface area contributed by atoms with E-state index in [1.165, 1.54) is 0 Å². The summed E-state index contributed by atoms with van der Waals surface area (Å²) in [7, 11) is 0. The Balaban J connectivity index is 1.39. The molecule has 1 aliphatic rings. The fraction of sp³-hybridized carbons (Fsp3) is 0.458. The van der Waals surface area contributed by atoms with Crippen molar-refractivity contribution in [1.29, 1.82) is 0 Å². The standard InChI is InChI=1S/C24H31N7O2S/c1-3-10-25-21-19-15-27-31(22(19)29-24(28-21)34-13-4-2)12-11-26-23(33)17-14-20(32)30(16-17)18-8-6-5-7-9-18/h5-9,15,17H,3-4,10-14,16H2,1-2H3,(H,26,33)(H,25,28,29). The van der Waals surface area contributed by atoms with Gasteiger partial charge in [-0.15, -0.1) is 0 Å². The zero-order valence-corrected chi connectivity index (χ0v) is 20.5. The number of nitrogens with zero attached hydrogens (tertiary/aromatic N) is 5. The number of carbonyl (C=O) groups is 2. The Bertz CT molecular complexity index is 1140. The highest BCUT2D eigenvalue weighted by molar-refractivity contribution is 7.99. The number of aromatic nitrogens is 4. The van der Waals surface area contributed by atoms with E-state index in [4.69, 9.17) is 4.98 Å². The van der Waals surface area contributed by atoms with Crippen LogP contribution in [0.5, 0.6) is 0 Å². The molecule has 0 spiro atoms. The molecule has 1 atom stereocenters. The lowest BCUT2D eigenvalue weighted by Crippen LogP contribution is -2.35. The summed E-state index contributed by atoms with van der Waals surface area (Å²) in [6.45, 7) is 6.36. The first kappa shape index (κ1) is 24.0. The molecule has 2 aromatic heterocycles. The van der Waals surface area contributed by atoms with E-state index < -0.39 is 0 Å². The largest absolute Gasteiger partial charge is 0.369 e. The maximum atomic E-state index is 12.7. The summed E-state index contributed by atoms with van der Waals surface area (Å²) >= 11 is 1.63. The summed E-state index contributed by atoms with van der Waals surface area (Å²) in [6.07, 6.45) is 4.04. The molecule has 0 radical (unpaired) electrons. The number of rotatable bonds is 11. The van der Waals surface area contributed by atoms with Crippen LogP contribution in [0.1, 0.15) is 33.1 Å². The summed E-state index contributed by atoms with van der Waals surface area (Å²) in [5, 5.41) is 12.4. The van der Waals surface area contributed by atoms with Crippen LogP contribution in [0.3, 0.4) is 0 Å². The van der Waals surface area contributed by atoms with Gasteiger partial charge < -0.3 is 15.5 Å². The smallest absolute Gasteiger partial charge is 0.227 e. The molecule has 3 aromatic rings. The van der Waals surface area contributed by atoms with Gasteiger partial charge in [-0.2, -0.15) is 5.10 Å². The van der Waals surface area contributed by atoms with Crippen molar-refractivity contribution in [1.82, 2.24) is 25.1 Å². The highest BCUT2D eigenvalue weighted by Crippen LogP contribution is 2.26. The maximum absolute atomic E-state index is 12.7. The number of fused-ring (bicyclic) bond motifs is 1. The van der Waals surface area contributed by atoms with Crippen LogP contribution in [0.2, 0.25) is 0 Å². The van der Waals surface area contributed by atoms with Gasteiger partial charge in [0.15, 0.2) is 10.8 Å². The van der Waals surface area contributed by atoms with E-state index in [2.05, 4.69) is 34.6 Å². The van der Waals surface area contributed by atoms with E-state index in [-0.39, 0.29) is 24.2 Å². The molecular formula is C24H31N7O2S. The number of carbonyl (C=O) groups excluding carboxylic acids is 2. The lowest BCUT2D eigenvalue weighted by atomic mass is 10.1. The first-order valence-electron chi connectivity index (χ1n) is 11.8. The number of hydrogen-bond acceptors (Lipinski definition) is 7. The van der Waals surface area contributed by atoms with Crippen molar-refractivity contribution in [2.45, 2.75) is 44.8 Å². The third-order valence-electron chi connectivity index (χ3n) is 5.64. The van der Waals surface area contributed by atoms with Gasteiger partial charge in [0.1, 0.15) is 5.82 Å². The first-order valence-corrected chi connectivity index (χ1v) is 12.8. The van der Waals surface area contributed by atoms with Crippen LogP contribution in [0.15, 0.2) is 41.7 Å². The molecule has 1 aromatic carbocycles. The first-order chi connectivity index (χ1) is 16.6. The van der Waals surface area contributed by atoms with Gasteiger partial charge in [-0.1, -0.05) is 43.8 Å². The average Bonchev–Trinajstić information content (AvgIpc) is 3.45. The summed E-state index contributed by atoms with van der Waals surface area (Å²) in [5.41, 5.74) is 1.59. The maximum Gasteiger partial charge on any atom is 0.227 e. The summed E-state index contributed by atoms with van der Waals surface area (Å²) in [6, 6.07) is 9.47. The van der Waals surface area contributed by atoms with Crippen LogP contribution < -0.4 is 15.5 Å². The summed E-state index contributed by atoms with van der Waals surface area (Å²) in [4.78, 5) is 36.2. The van der Waals surface area contributed by atoms with Gasteiger partial charge in [-0.25, -0.2) is 14.6 Å². The molecule has 0 saturated carbocycles. The Labute approximate surface area is 203 Å². The predicted octanol–water partition coefficient (Wildman–Crippen LogP) is 3.32. The molecule has 1 saturated heterocycles. The molecule has 1 unspecified atom stereocenters. The van der Waals surface area contributed by atoms with Crippen molar-refractivity contribution in [3.8, 4) is 0 Å². The van der Waals surface area contributed by atoms with Crippen LogP contribution in [0, 0.1) is 5.92 Å². The van der Waals surface area contributed by atoms with Gasteiger partial charge in [-0.05, 0) is 25.0 Å². The SMILES string of the molecule is CCCNc1nc(SCCC)nc2c1cnn2CCNC(=O)C1CC(=O)N(c2ccccc2)C1. The van der Waals surface area contributed by atoms with Crippen LogP contribution in [0.25, 0.3) is 11.0 Å². The quantitative estimate of drug-likeness (QED) is 0.320. The molecule has 2 amide bonds. The van der Waals surface area contributed by atoms with Gasteiger partial charge in [0.2, 0.25) is 11.8 Å². The van der Waals surface area contributed by atoms with Crippen molar-refractivity contribution in [3.05, 3.63) is 36.5 Å². The van der Waals surface area contributed by atoms with Crippen molar-refractivity contribution in [2.75, 3.05) is 35.6 Å². The number of amides is 2. The van der Waals surface area contributed by atoms with Crippen LogP contribution in [0.4, 0.5) is 11.5 Å². The van der Waals surface area contributed by atoms with E-state index >= 15 is 0 Å². The second-order valence-corrected chi connectivity index (χ2v) is 9.33. The number of para-hydroxylation sites is 1. The van der Waals surface area contributed by atoms with Gasteiger partial charge >= 0.3 is 0 Å². The lowest BCUT2D eigenvalue weighted by Gasteiger charge is -2.16. The molecule has 4 rings (SSSR count). The third kappa shape index (κ3) is 5.49. The zero-order chi connectivity index (χ0) is 23.9. The van der Waals surface area contributed by atoms with Crippen LogP contribution in [-0.4, -0.2) is 56.9 Å². The molecule has 9 nitrogen and oxygen atoms in total. The average molecular weight is 482 g/mol. The minimum Gasteiger partial charge on any atom is -0.369 e. The van der Waals surface area contributed by atoms with E-state index in [0.717, 1.165) is 52.8 Å². The summed E-state index contributed by atoms with van der Waals surface area (Å²) in [5.74, 6) is 1.26. The molecule has 10 heteroatoms. The van der Waals surface area contributed by atoms with E-state index in [9.17, 15) is 9.59 Å². The Kier molecular flexibility index (Phi) is 7.99. The van der Waals surface area contributed by atoms with Crippen LogP contribution in [-0.2, 0) is 16.1 Å². The van der Waals surface area contributed by atoms with Gasteiger partial charge in [0.25, 0.3) is 0 Å². The molecule has 0 aliphatic carbocycles. The highest BCUT2D eigenvalue weighted by Gasteiger charge is 2.34. The van der Waals surface area contributed by atoms with Crippen molar-refractivity contribution in [2.24, 2.45) is 5.92 Å². The van der Waals surface area contributed by atoms with Gasteiger partial charge in [0.05, 0.1) is 24.0 Å². The number of anilines is 2. The van der Waals surface area contributed by atoms with Crippen molar-refractivity contribution in [3.63, 3.8) is 0 Å². The van der Waals surface area contributed by atoms with E-state index in [1.807, 2.05) is 30.3 Å². The van der Waals surface area contributed by atoms with Crippen molar-refractivity contribution >= 4 is 46.1 Å². The molecule has 0 bridgehead atoms. The Hall–Kier alpha value is -3.14. The van der Waals surface area contributed by atoms with Gasteiger partial charge in [-0.3, -0.25) is 9.59 Å². The fourth-order valence-corrected chi connectivity index (χ4v) is 4.60. The summed E-state index contributed by atoms with van der Waals surface area (Å²) < 4.78 is 1.81. The number of thioether (sulfide) groups is 1. The minimum absolute atomic E-state index is 0.0228. The molecule has 34 heavy (non-hydrogen) atoms. The number of nitrogens with one attached hydrogen (secondary N) is 2. The lowest BCUT2D eigenvalue weighted by molar-refractivity contribution is -0.126. The monoisotopic (exact) mass is 481 g/mol. The topological polar surface area (TPSA) is 105 Å². The molecule has 180 valence electrons. The second-order valence-electron chi connectivity index (χ2n) is 8.27. The van der Waals surface area contributed by atoms with E-state index in [0.29, 0.717) is 19.6 Å². The Morgan fingerprint density at radius 1 is 1.15 bits per heavy atom.